The highest BCUT2D eigenvalue weighted by Gasteiger charge is 2.09. The molecule has 0 aliphatic rings. The molecule has 2 aromatic heterocycles. The molecule has 1 aromatic carbocycles. The fourth-order valence-electron chi connectivity index (χ4n) is 2.20. The maximum absolute atomic E-state index is 2.22. The Morgan fingerprint density at radius 1 is 1.06 bits per heavy atom. The fraction of sp³-hybridized carbons (Fsp3) is 0.133. The highest BCUT2D eigenvalue weighted by Crippen LogP contribution is 2.16. The zero-order valence-electron chi connectivity index (χ0n) is 10.1. The maximum Gasteiger partial charge on any atom is 0.210 e. The Kier molecular flexibility index (Phi) is 2.22. The third kappa shape index (κ3) is 1.62. The Labute approximate surface area is 101 Å². The molecule has 0 bridgehead atoms. The summed E-state index contributed by atoms with van der Waals surface area (Å²) in [6.45, 7) is 2.13. The molecular formula is C15H15N2+. The molecule has 0 N–H and O–H groups in total. The van der Waals surface area contributed by atoms with Crippen molar-refractivity contribution in [3.8, 4) is 5.69 Å². The summed E-state index contributed by atoms with van der Waals surface area (Å²) in [6, 6.07) is 14.8. The van der Waals surface area contributed by atoms with Crippen molar-refractivity contribution in [2.75, 3.05) is 0 Å². The molecule has 3 rings (SSSR count). The number of fused-ring (bicyclic) bond motifs is 1. The second kappa shape index (κ2) is 3.74. The van der Waals surface area contributed by atoms with E-state index in [9.17, 15) is 0 Å². The molecule has 2 nitrogen and oxygen atoms in total. The summed E-state index contributed by atoms with van der Waals surface area (Å²) in [5, 5.41) is 1.27. The Balaban J connectivity index is 2.21. The van der Waals surface area contributed by atoms with E-state index < -0.39 is 0 Å². The van der Waals surface area contributed by atoms with E-state index in [0.717, 1.165) is 0 Å². The number of aryl methyl sites for hydroxylation is 2. The van der Waals surface area contributed by atoms with Crippen LogP contribution >= 0.6 is 0 Å². The lowest BCUT2D eigenvalue weighted by molar-refractivity contribution is -0.594. The van der Waals surface area contributed by atoms with E-state index in [4.69, 9.17) is 0 Å². The maximum atomic E-state index is 2.22. The van der Waals surface area contributed by atoms with Gasteiger partial charge in [-0.2, -0.15) is 4.57 Å². The van der Waals surface area contributed by atoms with Crippen LogP contribution in [0.5, 0.6) is 0 Å². The SMILES string of the molecule is Cc1cc2c[n+](-c3ccccc3)ccc2n1C. The van der Waals surface area contributed by atoms with Crippen molar-refractivity contribution in [2.24, 2.45) is 7.05 Å². The van der Waals surface area contributed by atoms with Gasteiger partial charge in [0, 0.05) is 30.9 Å². The minimum absolute atomic E-state index is 1.19. The summed E-state index contributed by atoms with van der Waals surface area (Å²) in [5.41, 5.74) is 3.75. The topological polar surface area (TPSA) is 8.81 Å². The molecule has 2 heterocycles. The van der Waals surface area contributed by atoms with Gasteiger partial charge in [-0.1, -0.05) is 18.2 Å². The molecule has 0 amide bonds. The summed E-state index contributed by atoms with van der Waals surface area (Å²) < 4.78 is 4.37. The van der Waals surface area contributed by atoms with Gasteiger partial charge in [0.15, 0.2) is 12.4 Å². The van der Waals surface area contributed by atoms with Crippen LogP contribution in [0.3, 0.4) is 0 Å². The molecular weight excluding hydrogens is 208 g/mol. The van der Waals surface area contributed by atoms with Gasteiger partial charge >= 0.3 is 0 Å². The van der Waals surface area contributed by atoms with E-state index in [1.54, 1.807) is 0 Å². The van der Waals surface area contributed by atoms with Gasteiger partial charge in [-0.25, -0.2) is 0 Å². The van der Waals surface area contributed by atoms with Crippen LogP contribution in [0.4, 0.5) is 0 Å². The second-order valence-corrected chi connectivity index (χ2v) is 4.37. The van der Waals surface area contributed by atoms with Gasteiger partial charge in [-0.3, -0.25) is 0 Å². The molecule has 0 atom stereocenters. The number of benzene rings is 1. The second-order valence-electron chi connectivity index (χ2n) is 4.37. The van der Waals surface area contributed by atoms with Crippen LogP contribution in [0, 0.1) is 6.92 Å². The quantitative estimate of drug-likeness (QED) is 0.561. The number of pyridine rings is 1. The molecule has 17 heavy (non-hydrogen) atoms. The average Bonchev–Trinajstić information content (AvgIpc) is 2.66. The van der Waals surface area contributed by atoms with Crippen molar-refractivity contribution in [3.05, 3.63) is 60.6 Å². The smallest absolute Gasteiger partial charge is 0.210 e. The Morgan fingerprint density at radius 2 is 1.82 bits per heavy atom. The molecule has 0 saturated carbocycles. The minimum atomic E-state index is 1.19. The van der Waals surface area contributed by atoms with Gasteiger partial charge in [0.05, 0.1) is 10.9 Å². The normalized spacial score (nSPS) is 10.9. The molecule has 0 radical (unpaired) electrons. The lowest BCUT2D eigenvalue weighted by Crippen LogP contribution is -2.29. The summed E-state index contributed by atoms with van der Waals surface area (Å²) >= 11 is 0. The monoisotopic (exact) mass is 223 g/mol. The van der Waals surface area contributed by atoms with Gasteiger partial charge in [0.1, 0.15) is 0 Å². The number of nitrogens with zero attached hydrogens (tertiary/aromatic N) is 2. The first-order valence-electron chi connectivity index (χ1n) is 5.78. The molecule has 2 heteroatoms. The predicted octanol–water partition coefficient (Wildman–Crippen LogP) is 2.76. The highest BCUT2D eigenvalue weighted by atomic mass is 15.0. The highest BCUT2D eigenvalue weighted by molar-refractivity contribution is 5.79. The number of para-hydroxylation sites is 1. The number of aromatic nitrogens is 2. The van der Waals surface area contributed by atoms with E-state index in [2.05, 4.69) is 71.9 Å². The van der Waals surface area contributed by atoms with E-state index in [1.165, 1.54) is 22.3 Å². The van der Waals surface area contributed by atoms with Crippen molar-refractivity contribution in [1.29, 1.82) is 0 Å². The number of rotatable bonds is 1. The molecule has 0 aliphatic carbocycles. The summed E-state index contributed by atoms with van der Waals surface area (Å²) in [5.74, 6) is 0. The van der Waals surface area contributed by atoms with Crippen molar-refractivity contribution >= 4 is 10.9 Å². The first-order chi connectivity index (χ1) is 8.25. The van der Waals surface area contributed by atoms with Gasteiger partial charge in [0.25, 0.3) is 0 Å². The van der Waals surface area contributed by atoms with Crippen LogP contribution in [0.2, 0.25) is 0 Å². The minimum Gasteiger partial charge on any atom is -0.348 e. The zero-order valence-corrected chi connectivity index (χ0v) is 10.1. The third-order valence-corrected chi connectivity index (χ3v) is 3.28. The predicted molar refractivity (Wildman–Crippen MR) is 69.2 cm³/mol. The van der Waals surface area contributed by atoms with Crippen molar-refractivity contribution in [2.45, 2.75) is 6.92 Å². The first kappa shape index (κ1) is 10.1. The molecule has 3 aromatic rings. The van der Waals surface area contributed by atoms with E-state index in [0.29, 0.717) is 0 Å². The fourth-order valence-corrected chi connectivity index (χ4v) is 2.20. The molecule has 0 saturated heterocycles. The molecule has 0 fully saturated rings. The van der Waals surface area contributed by atoms with E-state index >= 15 is 0 Å². The summed E-state index contributed by atoms with van der Waals surface area (Å²) in [6.07, 6.45) is 4.29. The van der Waals surface area contributed by atoms with Crippen molar-refractivity contribution in [1.82, 2.24) is 4.57 Å². The summed E-state index contributed by atoms with van der Waals surface area (Å²) in [7, 11) is 2.10. The first-order valence-corrected chi connectivity index (χ1v) is 5.78. The number of hydrogen-bond donors (Lipinski definition) is 0. The lowest BCUT2D eigenvalue weighted by Gasteiger charge is -1.98. The molecule has 0 aliphatic heterocycles. The molecule has 0 unspecified atom stereocenters. The Hall–Kier alpha value is -2.09. The van der Waals surface area contributed by atoms with Crippen LogP contribution in [-0.4, -0.2) is 4.57 Å². The van der Waals surface area contributed by atoms with Gasteiger partial charge in [0.2, 0.25) is 5.69 Å². The molecule has 0 spiro atoms. The summed E-state index contributed by atoms with van der Waals surface area (Å²) in [4.78, 5) is 0. The van der Waals surface area contributed by atoms with Gasteiger partial charge in [-0.15, -0.1) is 0 Å². The van der Waals surface area contributed by atoms with Crippen LogP contribution in [-0.2, 0) is 7.05 Å². The van der Waals surface area contributed by atoms with E-state index in [1.807, 2.05) is 6.07 Å². The Bertz CT molecular complexity index is 666. The van der Waals surface area contributed by atoms with Crippen LogP contribution < -0.4 is 4.57 Å². The van der Waals surface area contributed by atoms with Crippen LogP contribution in [0.25, 0.3) is 16.6 Å². The van der Waals surface area contributed by atoms with Gasteiger partial charge in [-0.05, 0) is 13.0 Å². The van der Waals surface area contributed by atoms with Crippen LogP contribution in [0.1, 0.15) is 5.69 Å². The standard InChI is InChI=1S/C15H15N2/c1-12-10-13-11-17(9-8-15(13)16(12)2)14-6-4-3-5-7-14/h3-11H,1-2H3/q+1. The van der Waals surface area contributed by atoms with Crippen molar-refractivity contribution < 1.29 is 4.57 Å². The Morgan fingerprint density at radius 3 is 2.59 bits per heavy atom. The molecule has 84 valence electrons. The third-order valence-electron chi connectivity index (χ3n) is 3.28. The number of hydrogen-bond acceptors (Lipinski definition) is 0. The lowest BCUT2D eigenvalue weighted by atomic mass is 10.3. The zero-order chi connectivity index (χ0) is 11.8. The van der Waals surface area contributed by atoms with Gasteiger partial charge < -0.3 is 4.57 Å². The van der Waals surface area contributed by atoms with Crippen LogP contribution in [0.15, 0.2) is 54.9 Å². The average molecular weight is 223 g/mol. The van der Waals surface area contributed by atoms with E-state index in [-0.39, 0.29) is 0 Å². The largest absolute Gasteiger partial charge is 0.348 e. The van der Waals surface area contributed by atoms with Crippen molar-refractivity contribution in [3.63, 3.8) is 0 Å².